The standard InChI is InChI=1S/C32H56O3/c1-11-12-23-30(8)15-14-24(33)28(5,6)22(30)13-16-31(23,9)29(7)18-21-17-27(3,4)20(2)26(35)32(21,10)25(34)19-29/h11,20-26,33-35H,1,12-19H2,2-10H3/t20-,21?,22?,23?,24-,25+,26-,29-,30-,31+,32-/m0/s1. The van der Waals surface area contributed by atoms with Gasteiger partial charge in [0.25, 0.3) is 0 Å². The molecule has 0 aliphatic heterocycles. The number of hydrogen-bond donors (Lipinski definition) is 3. The fraction of sp³-hybridized carbons (Fsp3) is 0.938. The summed E-state index contributed by atoms with van der Waals surface area (Å²) in [5, 5.41) is 34.3. The van der Waals surface area contributed by atoms with Crippen molar-refractivity contribution in [3.8, 4) is 0 Å². The van der Waals surface area contributed by atoms with Crippen LogP contribution in [0.4, 0.5) is 0 Å². The van der Waals surface area contributed by atoms with Crippen LogP contribution < -0.4 is 0 Å². The van der Waals surface area contributed by atoms with Crippen LogP contribution in [0.15, 0.2) is 12.7 Å². The van der Waals surface area contributed by atoms with Crippen molar-refractivity contribution in [1.82, 2.24) is 0 Å². The van der Waals surface area contributed by atoms with Crippen LogP contribution in [0.25, 0.3) is 0 Å². The maximum absolute atomic E-state index is 11.8. The van der Waals surface area contributed by atoms with Gasteiger partial charge in [-0.2, -0.15) is 0 Å². The molecule has 202 valence electrons. The minimum Gasteiger partial charge on any atom is -0.393 e. The molecule has 0 bridgehead atoms. The SMILES string of the molecule is C=CCC1[C@@]2(C)CC[C@H](O)C(C)(C)C2CC[C@@]1(C)[C@@]1(C)CC2CC(C)(C)[C@@H](C)[C@H](O)[C@]2(C)[C@H](O)C1. The van der Waals surface area contributed by atoms with Gasteiger partial charge in [-0.05, 0) is 102 Å². The summed E-state index contributed by atoms with van der Waals surface area (Å²) in [6, 6.07) is 0. The van der Waals surface area contributed by atoms with Gasteiger partial charge in [0.2, 0.25) is 0 Å². The lowest BCUT2D eigenvalue weighted by atomic mass is 9.35. The maximum atomic E-state index is 11.8. The van der Waals surface area contributed by atoms with Crippen LogP contribution >= 0.6 is 0 Å². The van der Waals surface area contributed by atoms with E-state index in [0.717, 1.165) is 51.4 Å². The number of aliphatic hydroxyl groups is 3. The Hall–Kier alpha value is -0.380. The molecule has 3 N–H and O–H groups in total. The van der Waals surface area contributed by atoms with Crippen molar-refractivity contribution >= 4 is 0 Å². The van der Waals surface area contributed by atoms with Crippen molar-refractivity contribution in [2.45, 2.75) is 132 Å². The zero-order valence-corrected chi connectivity index (χ0v) is 24.3. The molecule has 0 aromatic carbocycles. The van der Waals surface area contributed by atoms with Crippen molar-refractivity contribution in [3.63, 3.8) is 0 Å². The minimum atomic E-state index is -0.490. The van der Waals surface area contributed by atoms with Gasteiger partial charge in [0.1, 0.15) is 0 Å². The van der Waals surface area contributed by atoms with Crippen LogP contribution in [0.5, 0.6) is 0 Å². The highest BCUT2D eigenvalue weighted by molar-refractivity contribution is 5.17. The minimum absolute atomic E-state index is 0.00512. The van der Waals surface area contributed by atoms with Crippen LogP contribution in [-0.4, -0.2) is 33.6 Å². The molecule has 4 aliphatic rings. The summed E-state index contributed by atoms with van der Waals surface area (Å²) in [6.07, 6.45) is 9.07. The van der Waals surface area contributed by atoms with E-state index >= 15 is 0 Å². The molecule has 3 nitrogen and oxygen atoms in total. The first kappa shape index (κ1) is 27.6. The highest BCUT2D eigenvalue weighted by Crippen LogP contribution is 2.73. The molecule has 4 saturated carbocycles. The average molecular weight is 489 g/mol. The molecule has 0 amide bonds. The van der Waals surface area contributed by atoms with E-state index in [0.29, 0.717) is 17.8 Å². The number of aliphatic hydroxyl groups excluding tert-OH is 3. The predicted molar refractivity (Wildman–Crippen MR) is 145 cm³/mol. The van der Waals surface area contributed by atoms with E-state index in [1.807, 2.05) is 0 Å². The molecule has 4 rings (SSSR count). The molecule has 0 aromatic heterocycles. The van der Waals surface area contributed by atoms with Gasteiger partial charge in [0, 0.05) is 5.41 Å². The highest BCUT2D eigenvalue weighted by Gasteiger charge is 2.68. The molecular formula is C32H56O3. The predicted octanol–water partition coefficient (Wildman–Crippen LogP) is 6.99. The van der Waals surface area contributed by atoms with Crippen molar-refractivity contribution in [2.24, 2.45) is 56.2 Å². The monoisotopic (exact) mass is 488 g/mol. The van der Waals surface area contributed by atoms with E-state index in [2.05, 4.69) is 75.0 Å². The molecule has 0 saturated heterocycles. The Labute approximate surface area is 216 Å². The normalized spacial score (nSPS) is 55.5. The second-order valence-electron chi connectivity index (χ2n) is 15.9. The summed E-state index contributed by atoms with van der Waals surface area (Å²) in [6.45, 7) is 25.3. The van der Waals surface area contributed by atoms with Gasteiger partial charge in [-0.3, -0.25) is 0 Å². The lowest BCUT2D eigenvalue weighted by Crippen LogP contribution is -2.67. The van der Waals surface area contributed by atoms with Crippen molar-refractivity contribution < 1.29 is 15.3 Å². The Morgan fingerprint density at radius 3 is 2.06 bits per heavy atom. The van der Waals surface area contributed by atoms with Crippen molar-refractivity contribution in [3.05, 3.63) is 12.7 Å². The fourth-order valence-corrected chi connectivity index (χ4v) is 10.7. The molecule has 4 aliphatic carbocycles. The Morgan fingerprint density at radius 2 is 1.46 bits per heavy atom. The first-order chi connectivity index (χ1) is 15.9. The Morgan fingerprint density at radius 1 is 0.829 bits per heavy atom. The van der Waals surface area contributed by atoms with E-state index in [9.17, 15) is 15.3 Å². The Kier molecular flexibility index (Phi) is 6.56. The zero-order valence-electron chi connectivity index (χ0n) is 24.3. The Balaban J connectivity index is 1.75. The highest BCUT2D eigenvalue weighted by atomic mass is 16.3. The largest absolute Gasteiger partial charge is 0.393 e. The smallest absolute Gasteiger partial charge is 0.0651 e. The van der Waals surface area contributed by atoms with Crippen LogP contribution in [0, 0.1) is 56.2 Å². The topological polar surface area (TPSA) is 60.7 Å². The second kappa shape index (κ2) is 8.31. The quantitative estimate of drug-likeness (QED) is 0.375. The van der Waals surface area contributed by atoms with Gasteiger partial charge >= 0.3 is 0 Å². The summed E-state index contributed by atoms with van der Waals surface area (Å²) in [5.74, 6) is 1.46. The lowest BCUT2D eigenvalue weighted by molar-refractivity contribution is -0.250. The summed E-state index contributed by atoms with van der Waals surface area (Å²) >= 11 is 0. The van der Waals surface area contributed by atoms with Crippen molar-refractivity contribution in [2.75, 3.05) is 0 Å². The van der Waals surface area contributed by atoms with Crippen molar-refractivity contribution in [1.29, 1.82) is 0 Å². The molecular weight excluding hydrogens is 432 g/mol. The lowest BCUT2D eigenvalue weighted by Gasteiger charge is -2.70. The molecule has 11 atom stereocenters. The van der Waals surface area contributed by atoms with Gasteiger partial charge in [-0.25, -0.2) is 0 Å². The average Bonchev–Trinajstić information content (AvgIpc) is 2.75. The molecule has 0 heterocycles. The van der Waals surface area contributed by atoms with Gasteiger partial charge in [0.15, 0.2) is 0 Å². The van der Waals surface area contributed by atoms with E-state index in [-0.39, 0.29) is 39.1 Å². The zero-order chi connectivity index (χ0) is 26.4. The number of fused-ring (bicyclic) bond motifs is 2. The van der Waals surface area contributed by atoms with Gasteiger partial charge < -0.3 is 15.3 Å². The van der Waals surface area contributed by atoms with Gasteiger partial charge in [0.05, 0.1) is 18.3 Å². The Bertz CT molecular complexity index is 833. The molecule has 0 radical (unpaired) electrons. The third-order valence-corrected chi connectivity index (χ3v) is 13.9. The maximum Gasteiger partial charge on any atom is 0.0651 e. The molecule has 0 spiro atoms. The van der Waals surface area contributed by atoms with Crippen LogP contribution in [0.2, 0.25) is 0 Å². The summed E-state index contributed by atoms with van der Waals surface area (Å²) in [5.41, 5.74) is -0.224. The van der Waals surface area contributed by atoms with Crippen LogP contribution in [0.3, 0.4) is 0 Å². The van der Waals surface area contributed by atoms with E-state index in [1.165, 1.54) is 0 Å². The van der Waals surface area contributed by atoms with E-state index in [4.69, 9.17) is 0 Å². The van der Waals surface area contributed by atoms with Crippen LogP contribution in [0.1, 0.15) is 114 Å². The summed E-state index contributed by atoms with van der Waals surface area (Å²) < 4.78 is 0. The summed E-state index contributed by atoms with van der Waals surface area (Å²) in [4.78, 5) is 0. The van der Waals surface area contributed by atoms with Gasteiger partial charge in [-0.1, -0.05) is 68.4 Å². The molecule has 35 heavy (non-hydrogen) atoms. The number of allylic oxidation sites excluding steroid dienone is 1. The molecule has 3 unspecified atom stereocenters. The third kappa shape index (κ3) is 3.60. The molecule has 0 aromatic rings. The second-order valence-corrected chi connectivity index (χ2v) is 15.9. The number of hydrogen-bond acceptors (Lipinski definition) is 3. The molecule has 4 fully saturated rings. The fourth-order valence-electron chi connectivity index (χ4n) is 10.7. The van der Waals surface area contributed by atoms with E-state index in [1.54, 1.807) is 0 Å². The molecule has 3 heteroatoms. The van der Waals surface area contributed by atoms with Gasteiger partial charge in [-0.15, -0.1) is 6.58 Å². The third-order valence-electron chi connectivity index (χ3n) is 13.9. The van der Waals surface area contributed by atoms with Crippen LogP contribution in [-0.2, 0) is 0 Å². The number of rotatable bonds is 3. The first-order valence-electron chi connectivity index (χ1n) is 14.6. The van der Waals surface area contributed by atoms with E-state index < -0.39 is 17.6 Å². The first-order valence-corrected chi connectivity index (χ1v) is 14.6. The summed E-state index contributed by atoms with van der Waals surface area (Å²) in [7, 11) is 0.